The van der Waals surface area contributed by atoms with Crippen LogP contribution in [0.2, 0.25) is 0 Å². The predicted molar refractivity (Wildman–Crippen MR) is 81.3 cm³/mol. The number of aromatic nitrogens is 2. The second kappa shape index (κ2) is 5.57. The van der Waals surface area contributed by atoms with Gasteiger partial charge in [-0.05, 0) is 24.3 Å². The molecule has 3 rings (SSSR count). The highest BCUT2D eigenvalue weighted by atomic mass is 32.2. The Morgan fingerprint density at radius 1 is 1.55 bits per heavy atom. The number of amides is 1. The summed E-state index contributed by atoms with van der Waals surface area (Å²) in [5, 5.41) is 5.45. The maximum atomic E-state index is 12.1. The van der Waals surface area contributed by atoms with Crippen LogP contribution in [0.3, 0.4) is 0 Å². The van der Waals surface area contributed by atoms with Crippen LogP contribution in [0.15, 0.2) is 21.4 Å². The van der Waals surface area contributed by atoms with Crippen LogP contribution in [0, 0.1) is 5.92 Å². The van der Waals surface area contributed by atoms with E-state index < -0.39 is 0 Å². The highest BCUT2D eigenvalue weighted by Gasteiger charge is 2.23. The zero-order valence-electron chi connectivity index (χ0n) is 11.1. The van der Waals surface area contributed by atoms with Gasteiger partial charge in [0.1, 0.15) is 4.70 Å². The zero-order valence-corrected chi connectivity index (χ0v) is 12.7. The molecule has 7 heteroatoms. The first-order valence-electron chi connectivity index (χ1n) is 6.51. The Bertz CT molecular complexity index is 707. The summed E-state index contributed by atoms with van der Waals surface area (Å²) in [5.74, 6) is 1.07. The molecule has 0 aliphatic carbocycles. The van der Waals surface area contributed by atoms with Crippen LogP contribution >= 0.6 is 23.1 Å². The van der Waals surface area contributed by atoms with Crippen LogP contribution in [0.4, 0.5) is 0 Å². The fourth-order valence-corrected chi connectivity index (χ4v) is 4.14. The monoisotopic (exact) mass is 309 g/mol. The predicted octanol–water partition coefficient (Wildman–Crippen LogP) is 1.61. The van der Waals surface area contributed by atoms with Gasteiger partial charge in [0, 0.05) is 25.3 Å². The fraction of sp³-hybridized carbons (Fsp3) is 0.462. The minimum atomic E-state index is 0.00566. The number of nitrogens with zero attached hydrogens (tertiary/aromatic N) is 2. The molecule has 1 amide bonds. The molecule has 1 unspecified atom stereocenters. The molecule has 0 radical (unpaired) electrons. The van der Waals surface area contributed by atoms with Crippen molar-refractivity contribution >= 4 is 39.2 Å². The van der Waals surface area contributed by atoms with E-state index in [4.69, 9.17) is 0 Å². The highest BCUT2D eigenvalue weighted by Crippen LogP contribution is 2.23. The van der Waals surface area contributed by atoms with Gasteiger partial charge in [0.05, 0.1) is 5.52 Å². The minimum absolute atomic E-state index is 0.00566. The average Bonchev–Trinajstić information content (AvgIpc) is 3.05. The summed E-state index contributed by atoms with van der Waals surface area (Å²) < 4.78 is 2.30. The molecule has 5 nitrogen and oxygen atoms in total. The second-order valence-corrected chi connectivity index (χ2v) is 6.79. The first-order chi connectivity index (χ1) is 9.66. The van der Waals surface area contributed by atoms with E-state index in [-0.39, 0.29) is 17.4 Å². The maximum absolute atomic E-state index is 12.1. The number of hydrogen-bond acceptors (Lipinski definition) is 5. The molecule has 3 heterocycles. The Labute approximate surface area is 124 Å². The average molecular weight is 309 g/mol. The van der Waals surface area contributed by atoms with Crippen LogP contribution in [0.5, 0.6) is 0 Å². The summed E-state index contributed by atoms with van der Waals surface area (Å²) in [6.45, 7) is 0.783. The second-order valence-electron chi connectivity index (χ2n) is 4.81. The van der Waals surface area contributed by atoms with Crippen LogP contribution in [0.1, 0.15) is 12.8 Å². The summed E-state index contributed by atoms with van der Waals surface area (Å²) >= 11 is 2.97. The number of thioether (sulfide) groups is 1. The summed E-state index contributed by atoms with van der Waals surface area (Å²) in [7, 11) is 1.75. The molecule has 2 aromatic heterocycles. The highest BCUT2D eigenvalue weighted by molar-refractivity contribution is 7.99. The summed E-state index contributed by atoms with van der Waals surface area (Å²) in [6, 6.07) is 1.87. The zero-order chi connectivity index (χ0) is 14.1. The molecule has 106 valence electrons. The molecule has 1 aliphatic rings. The molecular formula is C13H15N3O2S2. The van der Waals surface area contributed by atoms with Crippen molar-refractivity contribution in [2.75, 3.05) is 12.3 Å². The summed E-state index contributed by atoms with van der Waals surface area (Å²) in [6.07, 6.45) is 1.74. The largest absolute Gasteiger partial charge is 0.356 e. The number of carbonyl (C=O) groups is 1. The lowest BCUT2D eigenvalue weighted by molar-refractivity contribution is -0.122. The smallest absolute Gasteiger partial charge is 0.271 e. The molecule has 1 N–H and O–H groups in total. The van der Waals surface area contributed by atoms with E-state index in [1.807, 2.05) is 11.4 Å². The Balaban J connectivity index is 1.72. The normalized spacial score (nSPS) is 18.6. The van der Waals surface area contributed by atoms with E-state index in [9.17, 15) is 9.59 Å². The van der Waals surface area contributed by atoms with Gasteiger partial charge in [0.2, 0.25) is 5.91 Å². The van der Waals surface area contributed by atoms with Gasteiger partial charge in [-0.2, -0.15) is 0 Å². The lowest BCUT2D eigenvalue weighted by atomic mass is 10.1. The SMILES string of the molecule is Cn1c(SCCC2CCNC2=O)nc2ccsc2c1=O. The van der Waals surface area contributed by atoms with E-state index in [0.717, 1.165) is 35.8 Å². The van der Waals surface area contributed by atoms with Crippen molar-refractivity contribution in [1.82, 2.24) is 14.9 Å². The number of rotatable bonds is 4. The lowest BCUT2D eigenvalue weighted by Gasteiger charge is -2.08. The van der Waals surface area contributed by atoms with E-state index in [1.54, 1.807) is 23.4 Å². The van der Waals surface area contributed by atoms with Crippen LogP contribution in [-0.2, 0) is 11.8 Å². The van der Waals surface area contributed by atoms with Crippen LogP contribution in [-0.4, -0.2) is 27.8 Å². The van der Waals surface area contributed by atoms with Gasteiger partial charge >= 0.3 is 0 Å². The molecule has 2 aromatic rings. The van der Waals surface area contributed by atoms with Crippen LogP contribution < -0.4 is 10.9 Å². The van der Waals surface area contributed by atoms with Crippen molar-refractivity contribution < 1.29 is 4.79 Å². The Kier molecular flexibility index (Phi) is 3.80. The minimum Gasteiger partial charge on any atom is -0.356 e. The third kappa shape index (κ3) is 2.47. The van der Waals surface area contributed by atoms with E-state index in [2.05, 4.69) is 10.3 Å². The van der Waals surface area contributed by atoms with Gasteiger partial charge < -0.3 is 5.32 Å². The number of fused-ring (bicyclic) bond motifs is 1. The van der Waals surface area contributed by atoms with Crippen molar-refractivity contribution in [3.63, 3.8) is 0 Å². The fourth-order valence-electron chi connectivity index (χ4n) is 2.31. The van der Waals surface area contributed by atoms with Gasteiger partial charge in [-0.15, -0.1) is 11.3 Å². The molecule has 20 heavy (non-hydrogen) atoms. The molecule has 1 fully saturated rings. The van der Waals surface area contributed by atoms with Gasteiger partial charge in [-0.25, -0.2) is 4.98 Å². The molecule has 1 saturated heterocycles. The van der Waals surface area contributed by atoms with Gasteiger partial charge in [0.15, 0.2) is 5.16 Å². The Morgan fingerprint density at radius 3 is 3.15 bits per heavy atom. The van der Waals surface area contributed by atoms with Crippen molar-refractivity contribution in [3.05, 3.63) is 21.8 Å². The van der Waals surface area contributed by atoms with E-state index in [1.165, 1.54) is 11.3 Å². The molecule has 0 aromatic carbocycles. The summed E-state index contributed by atoms with van der Waals surface area (Å²) in [5.41, 5.74) is 0.769. The Morgan fingerprint density at radius 2 is 2.40 bits per heavy atom. The standard InChI is InChI=1S/C13H15N3O2S2/c1-16-12(18)10-9(4-7-19-10)15-13(16)20-6-3-8-2-5-14-11(8)17/h4,7-8H,2-3,5-6H2,1H3,(H,14,17). The topological polar surface area (TPSA) is 64.0 Å². The maximum Gasteiger partial charge on any atom is 0.271 e. The molecule has 0 saturated carbocycles. The van der Waals surface area contributed by atoms with E-state index >= 15 is 0 Å². The third-order valence-electron chi connectivity index (χ3n) is 3.51. The molecule has 0 spiro atoms. The van der Waals surface area contributed by atoms with Crippen molar-refractivity contribution in [2.45, 2.75) is 18.0 Å². The number of carbonyl (C=O) groups excluding carboxylic acids is 1. The van der Waals surface area contributed by atoms with Crippen molar-refractivity contribution in [1.29, 1.82) is 0 Å². The number of hydrogen-bond donors (Lipinski definition) is 1. The van der Waals surface area contributed by atoms with Crippen molar-refractivity contribution in [2.24, 2.45) is 13.0 Å². The van der Waals surface area contributed by atoms with Crippen molar-refractivity contribution in [3.8, 4) is 0 Å². The van der Waals surface area contributed by atoms with Gasteiger partial charge in [0.25, 0.3) is 5.56 Å². The first kappa shape index (κ1) is 13.6. The van der Waals surface area contributed by atoms with Gasteiger partial charge in [-0.1, -0.05) is 11.8 Å². The quantitative estimate of drug-likeness (QED) is 0.688. The number of thiophene rings is 1. The van der Waals surface area contributed by atoms with Crippen LogP contribution in [0.25, 0.3) is 10.2 Å². The molecular weight excluding hydrogens is 294 g/mol. The Hall–Kier alpha value is -1.34. The molecule has 1 atom stereocenters. The first-order valence-corrected chi connectivity index (χ1v) is 8.38. The lowest BCUT2D eigenvalue weighted by Crippen LogP contribution is -2.20. The van der Waals surface area contributed by atoms with Gasteiger partial charge in [-0.3, -0.25) is 14.2 Å². The summed E-state index contributed by atoms with van der Waals surface area (Å²) in [4.78, 5) is 28.1. The molecule has 0 bridgehead atoms. The third-order valence-corrected chi connectivity index (χ3v) is 5.46. The number of nitrogens with one attached hydrogen (secondary N) is 1. The molecule has 1 aliphatic heterocycles. The van der Waals surface area contributed by atoms with E-state index in [0.29, 0.717) is 4.70 Å².